The summed E-state index contributed by atoms with van der Waals surface area (Å²) in [5.74, 6) is 0. The molecule has 2 fully saturated rings. The Morgan fingerprint density at radius 2 is 1.96 bits per heavy atom. The zero-order chi connectivity index (χ0) is 18.9. The van der Waals surface area contributed by atoms with E-state index in [2.05, 4.69) is 70.4 Å². The third-order valence-electron chi connectivity index (χ3n) is 6.47. The van der Waals surface area contributed by atoms with Gasteiger partial charge in [0.15, 0.2) is 0 Å². The molecule has 1 N–H and O–H groups in total. The van der Waals surface area contributed by atoms with E-state index in [4.69, 9.17) is 5.10 Å². The SMILES string of the molecule is CCc1nn(C2CCC2)c2cc(N3CCN[C@@H](Cc4ccccc4)C3)ccc12. The van der Waals surface area contributed by atoms with E-state index in [1.54, 1.807) is 0 Å². The van der Waals surface area contributed by atoms with Crippen LogP contribution in [0.5, 0.6) is 0 Å². The number of nitrogens with one attached hydrogen (secondary N) is 1. The van der Waals surface area contributed by atoms with Crippen molar-refractivity contribution in [3.05, 3.63) is 59.8 Å². The lowest BCUT2D eigenvalue weighted by molar-refractivity contribution is 0.296. The second kappa shape index (κ2) is 7.59. The smallest absolute Gasteiger partial charge is 0.0709 e. The lowest BCUT2D eigenvalue weighted by Gasteiger charge is -2.35. The first-order valence-electron chi connectivity index (χ1n) is 10.8. The van der Waals surface area contributed by atoms with Crippen molar-refractivity contribution in [1.82, 2.24) is 15.1 Å². The number of nitrogens with zero attached hydrogens (tertiary/aromatic N) is 3. The Balaban J connectivity index is 1.40. The van der Waals surface area contributed by atoms with Crippen molar-refractivity contribution in [3.8, 4) is 0 Å². The van der Waals surface area contributed by atoms with Crippen molar-refractivity contribution in [2.75, 3.05) is 24.5 Å². The zero-order valence-electron chi connectivity index (χ0n) is 16.8. The second-order valence-corrected chi connectivity index (χ2v) is 8.32. The number of rotatable bonds is 5. The van der Waals surface area contributed by atoms with E-state index >= 15 is 0 Å². The van der Waals surface area contributed by atoms with E-state index in [1.165, 1.54) is 47.1 Å². The number of aromatic nitrogens is 2. The average molecular weight is 375 g/mol. The molecule has 1 saturated carbocycles. The Hall–Kier alpha value is -2.33. The maximum Gasteiger partial charge on any atom is 0.0709 e. The van der Waals surface area contributed by atoms with Crippen molar-refractivity contribution in [2.24, 2.45) is 0 Å². The molecule has 4 heteroatoms. The van der Waals surface area contributed by atoms with Gasteiger partial charge in [-0.2, -0.15) is 5.10 Å². The Labute approximate surface area is 167 Å². The molecule has 0 unspecified atom stereocenters. The number of piperazine rings is 1. The topological polar surface area (TPSA) is 33.1 Å². The van der Waals surface area contributed by atoms with Crippen LogP contribution in [0.1, 0.15) is 43.5 Å². The van der Waals surface area contributed by atoms with Gasteiger partial charge in [-0.05, 0) is 55.9 Å². The normalized spacial score (nSPS) is 20.5. The summed E-state index contributed by atoms with van der Waals surface area (Å²) in [5.41, 5.74) is 5.33. The minimum Gasteiger partial charge on any atom is -0.369 e. The first-order valence-corrected chi connectivity index (χ1v) is 10.8. The molecule has 3 aromatic rings. The van der Waals surface area contributed by atoms with Gasteiger partial charge in [0.05, 0.1) is 17.3 Å². The second-order valence-electron chi connectivity index (χ2n) is 8.32. The van der Waals surface area contributed by atoms with Gasteiger partial charge in [0, 0.05) is 36.7 Å². The summed E-state index contributed by atoms with van der Waals surface area (Å²) in [7, 11) is 0. The van der Waals surface area contributed by atoms with Crippen molar-refractivity contribution < 1.29 is 0 Å². The highest BCUT2D eigenvalue weighted by molar-refractivity contribution is 5.85. The van der Waals surface area contributed by atoms with Gasteiger partial charge in [-0.15, -0.1) is 0 Å². The molecular formula is C24H30N4. The van der Waals surface area contributed by atoms with Crippen LogP contribution in [-0.2, 0) is 12.8 Å². The molecule has 1 aromatic heterocycles. The predicted octanol–water partition coefficient (Wildman–Crippen LogP) is 4.34. The standard InChI is InChI=1S/C24H30N4/c1-2-23-22-12-11-21(16-24(22)28(26-23)20-9-6-10-20)27-14-13-25-19(17-27)15-18-7-4-3-5-8-18/h3-5,7-8,11-12,16,19-20,25H,2,6,9-10,13-15,17H2,1H3/t19-/m0/s1. The van der Waals surface area contributed by atoms with E-state index < -0.39 is 0 Å². The van der Waals surface area contributed by atoms with Crippen LogP contribution in [-0.4, -0.2) is 35.5 Å². The summed E-state index contributed by atoms with van der Waals surface area (Å²) in [5, 5.41) is 10.0. The lowest BCUT2D eigenvalue weighted by atomic mass is 9.93. The number of hydrogen-bond acceptors (Lipinski definition) is 3. The molecule has 1 aliphatic heterocycles. The molecule has 2 aliphatic rings. The van der Waals surface area contributed by atoms with Crippen LogP contribution in [0.4, 0.5) is 5.69 Å². The molecule has 0 spiro atoms. The Morgan fingerprint density at radius 3 is 2.71 bits per heavy atom. The van der Waals surface area contributed by atoms with Crippen LogP contribution >= 0.6 is 0 Å². The minimum atomic E-state index is 0.495. The molecular weight excluding hydrogens is 344 g/mol. The number of anilines is 1. The molecule has 1 aliphatic carbocycles. The van der Waals surface area contributed by atoms with Crippen LogP contribution in [0.3, 0.4) is 0 Å². The van der Waals surface area contributed by atoms with Gasteiger partial charge in [0.25, 0.3) is 0 Å². The third kappa shape index (κ3) is 3.30. The summed E-state index contributed by atoms with van der Waals surface area (Å²) in [6.45, 7) is 5.37. The fourth-order valence-corrected chi connectivity index (χ4v) is 4.65. The highest BCUT2D eigenvalue weighted by atomic mass is 15.3. The van der Waals surface area contributed by atoms with Crippen LogP contribution in [0.15, 0.2) is 48.5 Å². The molecule has 5 rings (SSSR count). The van der Waals surface area contributed by atoms with E-state index in [0.717, 1.165) is 32.5 Å². The maximum absolute atomic E-state index is 4.97. The number of benzene rings is 2. The summed E-state index contributed by atoms with van der Waals surface area (Å²) in [6, 6.07) is 18.9. The van der Waals surface area contributed by atoms with E-state index in [-0.39, 0.29) is 0 Å². The largest absolute Gasteiger partial charge is 0.369 e. The van der Waals surface area contributed by atoms with E-state index in [1.807, 2.05) is 0 Å². The van der Waals surface area contributed by atoms with Crippen molar-refractivity contribution in [2.45, 2.75) is 51.1 Å². The third-order valence-corrected chi connectivity index (χ3v) is 6.47. The van der Waals surface area contributed by atoms with Gasteiger partial charge >= 0.3 is 0 Å². The van der Waals surface area contributed by atoms with Crippen molar-refractivity contribution in [1.29, 1.82) is 0 Å². The van der Waals surface area contributed by atoms with E-state index in [9.17, 15) is 0 Å². The van der Waals surface area contributed by atoms with Crippen molar-refractivity contribution >= 4 is 16.6 Å². The minimum absolute atomic E-state index is 0.495. The van der Waals surface area contributed by atoms with Crippen LogP contribution in [0, 0.1) is 0 Å². The summed E-state index contributed by atoms with van der Waals surface area (Å²) >= 11 is 0. The van der Waals surface area contributed by atoms with Crippen molar-refractivity contribution in [3.63, 3.8) is 0 Å². The summed E-state index contributed by atoms with van der Waals surface area (Å²) in [6.07, 6.45) is 5.97. The molecule has 28 heavy (non-hydrogen) atoms. The maximum atomic E-state index is 4.97. The van der Waals surface area contributed by atoms with Gasteiger partial charge in [-0.3, -0.25) is 4.68 Å². The van der Waals surface area contributed by atoms with Gasteiger partial charge in [-0.1, -0.05) is 37.3 Å². The molecule has 4 nitrogen and oxygen atoms in total. The number of hydrogen-bond donors (Lipinski definition) is 1. The monoisotopic (exact) mass is 374 g/mol. The van der Waals surface area contributed by atoms with Gasteiger partial charge in [-0.25, -0.2) is 0 Å². The molecule has 146 valence electrons. The summed E-state index contributed by atoms with van der Waals surface area (Å²) < 4.78 is 2.32. The molecule has 1 atom stereocenters. The van der Waals surface area contributed by atoms with Gasteiger partial charge < -0.3 is 10.2 Å². The lowest BCUT2D eigenvalue weighted by Crippen LogP contribution is -2.51. The Morgan fingerprint density at radius 1 is 1.11 bits per heavy atom. The fourth-order valence-electron chi connectivity index (χ4n) is 4.65. The number of aryl methyl sites for hydroxylation is 1. The molecule has 0 amide bonds. The highest BCUT2D eigenvalue weighted by Crippen LogP contribution is 2.36. The summed E-state index contributed by atoms with van der Waals surface area (Å²) in [4.78, 5) is 2.55. The number of fused-ring (bicyclic) bond motifs is 1. The van der Waals surface area contributed by atoms with Crippen LogP contribution in [0.25, 0.3) is 10.9 Å². The molecule has 1 saturated heterocycles. The van der Waals surface area contributed by atoms with Crippen LogP contribution < -0.4 is 10.2 Å². The van der Waals surface area contributed by atoms with Gasteiger partial charge in [0.2, 0.25) is 0 Å². The molecule has 2 heterocycles. The Kier molecular flexibility index (Phi) is 4.81. The van der Waals surface area contributed by atoms with Gasteiger partial charge in [0.1, 0.15) is 0 Å². The highest BCUT2D eigenvalue weighted by Gasteiger charge is 2.25. The molecule has 2 aromatic carbocycles. The van der Waals surface area contributed by atoms with E-state index in [0.29, 0.717) is 12.1 Å². The molecule has 0 bridgehead atoms. The first-order chi connectivity index (χ1) is 13.8. The quantitative estimate of drug-likeness (QED) is 0.721. The Bertz CT molecular complexity index is 942. The average Bonchev–Trinajstić information content (AvgIpc) is 3.05. The van der Waals surface area contributed by atoms with Crippen LogP contribution in [0.2, 0.25) is 0 Å². The predicted molar refractivity (Wildman–Crippen MR) is 116 cm³/mol. The first kappa shape index (κ1) is 17.7. The zero-order valence-corrected chi connectivity index (χ0v) is 16.8. The molecule has 0 radical (unpaired) electrons. The fraction of sp³-hybridized carbons (Fsp3) is 0.458.